The van der Waals surface area contributed by atoms with E-state index in [9.17, 15) is 9.59 Å². The Kier molecular flexibility index (Phi) is 6.36. The van der Waals surface area contributed by atoms with Gasteiger partial charge in [0.2, 0.25) is 0 Å². The standard InChI is InChI=1S/C21H22N2O4S/c1-4-26-16-11-9-15(10-12-16)23-20(25)17-7-5-6-8-18(17)22-21(23)28-13-19(24)27-14(2)3/h5-12,14H,4,13H2,1-3H3. The van der Waals surface area contributed by atoms with Crippen molar-refractivity contribution in [2.75, 3.05) is 12.4 Å². The van der Waals surface area contributed by atoms with Gasteiger partial charge in [0.1, 0.15) is 5.75 Å². The van der Waals surface area contributed by atoms with Crippen LogP contribution in [0.1, 0.15) is 20.8 Å². The maximum Gasteiger partial charge on any atom is 0.316 e. The number of carbonyl (C=O) groups excluding carboxylic acids is 1. The van der Waals surface area contributed by atoms with E-state index in [1.165, 1.54) is 16.3 Å². The van der Waals surface area contributed by atoms with Crippen LogP contribution >= 0.6 is 11.8 Å². The molecule has 2 aromatic carbocycles. The lowest BCUT2D eigenvalue weighted by molar-refractivity contribution is -0.144. The van der Waals surface area contributed by atoms with Crippen molar-refractivity contribution in [2.45, 2.75) is 32.0 Å². The molecule has 1 heterocycles. The lowest BCUT2D eigenvalue weighted by Gasteiger charge is -2.14. The lowest BCUT2D eigenvalue weighted by atomic mass is 10.2. The van der Waals surface area contributed by atoms with E-state index >= 15 is 0 Å². The van der Waals surface area contributed by atoms with Gasteiger partial charge in [0.15, 0.2) is 5.16 Å². The number of rotatable bonds is 7. The van der Waals surface area contributed by atoms with E-state index in [4.69, 9.17) is 9.47 Å². The molecular formula is C21H22N2O4S. The third kappa shape index (κ3) is 4.54. The van der Waals surface area contributed by atoms with Crippen LogP contribution in [-0.4, -0.2) is 34.0 Å². The summed E-state index contributed by atoms with van der Waals surface area (Å²) in [6.45, 7) is 6.08. The average molecular weight is 398 g/mol. The number of hydrogen-bond acceptors (Lipinski definition) is 6. The van der Waals surface area contributed by atoms with Gasteiger partial charge in [-0.05, 0) is 57.2 Å². The Labute approximate surface area is 167 Å². The summed E-state index contributed by atoms with van der Waals surface area (Å²) in [4.78, 5) is 29.7. The van der Waals surface area contributed by atoms with Crippen LogP contribution in [0.2, 0.25) is 0 Å². The third-order valence-electron chi connectivity index (χ3n) is 3.84. The third-order valence-corrected chi connectivity index (χ3v) is 4.75. The zero-order valence-electron chi connectivity index (χ0n) is 16.0. The number of fused-ring (bicyclic) bond motifs is 1. The van der Waals surface area contributed by atoms with Gasteiger partial charge in [-0.2, -0.15) is 0 Å². The predicted octanol–water partition coefficient (Wildman–Crippen LogP) is 3.83. The van der Waals surface area contributed by atoms with Crippen LogP contribution in [0.4, 0.5) is 0 Å². The molecule has 0 unspecified atom stereocenters. The lowest BCUT2D eigenvalue weighted by Crippen LogP contribution is -2.22. The first kappa shape index (κ1) is 19.9. The molecule has 0 aliphatic rings. The molecule has 0 amide bonds. The Hall–Kier alpha value is -2.80. The Morgan fingerprint density at radius 1 is 1.14 bits per heavy atom. The molecule has 7 heteroatoms. The number of ether oxygens (including phenoxy) is 2. The molecule has 0 spiro atoms. The van der Waals surface area contributed by atoms with E-state index in [1.54, 1.807) is 44.2 Å². The van der Waals surface area contributed by atoms with Crippen molar-refractivity contribution in [1.82, 2.24) is 9.55 Å². The fourth-order valence-electron chi connectivity index (χ4n) is 2.72. The second-order valence-corrected chi connectivity index (χ2v) is 7.25. The maximum atomic E-state index is 13.1. The van der Waals surface area contributed by atoms with Crippen LogP contribution in [0.15, 0.2) is 58.5 Å². The van der Waals surface area contributed by atoms with Crippen molar-refractivity contribution in [3.63, 3.8) is 0 Å². The Morgan fingerprint density at radius 3 is 2.54 bits per heavy atom. The summed E-state index contributed by atoms with van der Waals surface area (Å²) in [6.07, 6.45) is -0.189. The minimum atomic E-state index is -0.347. The van der Waals surface area contributed by atoms with E-state index in [0.717, 1.165) is 5.75 Å². The molecule has 0 aliphatic heterocycles. The zero-order valence-corrected chi connectivity index (χ0v) is 16.9. The summed E-state index contributed by atoms with van der Waals surface area (Å²) in [5.41, 5.74) is 1.07. The summed E-state index contributed by atoms with van der Waals surface area (Å²) >= 11 is 1.18. The molecule has 0 saturated heterocycles. The molecule has 0 bridgehead atoms. The van der Waals surface area contributed by atoms with Crippen LogP contribution in [-0.2, 0) is 9.53 Å². The van der Waals surface area contributed by atoms with Crippen LogP contribution in [0.3, 0.4) is 0 Å². The highest BCUT2D eigenvalue weighted by Crippen LogP contribution is 2.23. The molecule has 0 atom stereocenters. The summed E-state index contributed by atoms with van der Waals surface area (Å²) < 4.78 is 12.2. The monoisotopic (exact) mass is 398 g/mol. The fraction of sp³-hybridized carbons (Fsp3) is 0.286. The number of nitrogens with zero attached hydrogens (tertiary/aromatic N) is 2. The summed E-state index contributed by atoms with van der Waals surface area (Å²) in [5.74, 6) is 0.448. The minimum absolute atomic E-state index is 0.0694. The van der Waals surface area contributed by atoms with E-state index in [1.807, 2.05) is 25.1 Å². The molecule has 0 aliphatic carbocycles. The molecule has 6 nitrogen and oxygen atoms in total. The van der Waals surface area contributed by atoms with Gasteiger partial charge >= 0.3 is 5.97 Å². The second kappa shape index (κ2) is 8.93. The molecule has 0 saturated carbocycles. The smallest absolute Gasteiger partial charge is 0.316 e. The van der Waals surface area contributed by atoms with Gasteiger partial charge in [-0.1, -0.05) is 23.9 Å². The second-order valence-electron chi connectivity index (χ2n) is 6.31. The van der Waals surface area contributed by atoms with Crippen molar-refractivity contribution in [3.05, 3.63) is 58.9 Å². The van der Waals surface area contributed by atoms with Crippen molar-refractivity contribution in [1.29, 1.82) is 0 Å². The molecule has 1 aromatic heterocycles. The van der Waals surface area contributed by atoms with E-state index in [2.05, 4.69) is 4.98 Å². The highest BCUT2D eigenvalue weighted by Gasteiger charge is 2.15. The van der Waals surface area contributed by atoms with Crippen LogP contribution in [0.5, 0.6) is 5.75 Å². The maximum absolute atomic E-state index is 13.1. The first-order valence-corrected chi connectivity index (χ1v) is 10.1. The zero-order chi connectivity index (χ0) is 20.1. The predicted molar refractivity (Wildman–Crippen MR) is 110 cm³/mol. The molecule has 146 valence electrons. The number of para-hydroxylation sites is 1. The van der Waals surface area contributed by atoms with E-state index in [-0.39, 0.29) is 23.4 Å². The number of hydrogen-bond donors (Lipinski definition) is 0. The number of thioether (sulfide) groups is 1. The van der Waals surface area contributed by atoms with Crippen molar-refractivity contribution in [3.8, 4) is 11.4 Å². The molecule has 3 aromatic rings. The molecule has 0 fully saturated rings. The highest BCUT2D eigenvalue weighted by molar-refractivity contribution is 7.99. The molecule has 28 heavy (non-hydrogen) atoms. The van der Waals surface area contributed by atoms with Gasteiger partial charge in [0.25, 0.3) is 5.56 Å². The van der Waals surface area contributed by atoms with Crippen LogP contribution < -0.4 is 10.3 Å². The van der Waals surface area contributed by atoms with Crippen molar-refractivity contribution < 1.29 is 14.3 Å². The van der Waals surface area contributed by atoms with Crippen LogP contribution in [0, 0.1) is 0 Å². The number of benzene rings is 2. The topological polar surface area (TPSA) is 70.4 Å². The van der Waals surface area contributed by atoms with Crippen molar-refractivity contribution in [2.24, 2.45) is 0 Å². The highest BCUT2D eigenvalue weighted by atomic mass is 32.2. The van der Waals surface area contributed by atoms with Gasteiger partial charge in [0.05, 0.1) is 35.1 Å². The van der Waals surface area contributed by atoms with Gasteiger partial charge in [-0.25, -0.2) is 4.98 Å². The first-order valence-electron chi connectivity index (χ1n) is 9.07. The molecule has 3 rings (SSSR count). The summed E-state index contributed by atoms with van der Waals surface area (Å²) in [5, 5.41) is 0.957. The normalized spacial score (nSPS) is 11.0. The summed E-state index contributed by atoms with van der Waals surface area (Å²) in [7, 11) is 0. The van der Waals surface area contributed by atoms with E-state index in [0.29, 0.717) is 28.4 Å². The van der Waals surface area contributed by atoms with E-state index < -0.39 is 0 Å². The number of aromatic nitrogens is 2. The van der Waals surface area contributed by atoms with Gasteiger partial charge in [-0.3, -0.25) is 14.2 Å². The Bertz CT molecular complexity index is 1030. The van der Waals surface area contributed by atoms with Crippen LogP contribution in [0.25, 0.3) is 16.6 Å². The van der Waals surface area contributed by atoms with Crippen molar-refractivity contribution >= 4 is 28.6 Å². The number of carbonyl (C=O) groups is 1. The molecule has 0 N–H and O–H groups in total. The quantitative estimate of drug-likeness (QED) is 0.342. The fourth-order valence-corrected chi connectivity index (χ4v) is 3.51. The van der Waals surface area contributed by atoms with Gasteiger partial charge in [0, 0.05) is 0 Å². The Balaban J connectivity index is 2.04. The van der Waals surface area contributed by atoms with Gasteiger partial charge in [-0.15, -0.1) is 0 Å². The summed E-state index contributed by atoms with van der Waals surface area (Å²) in [6, 6.07) is 14.4. The SMILES string of the molecule is CCOc1ccc(-n2c(SCC(=O)OC(C)C)nc3ccccc3c2=O)cc1. The molecular weight excluding hydrogens is 376 g/mol. The largest absolute Gasteiger partial charge is 0.494 e. The first-order chi connectivity index (χ1) is 13.5. The van der Waals surface area contributed by atoms with Gasteiger partial charge < -0.3 is 9.47 Å². The average Bonchev–Trinajstić information content (AvgIpc) is 2.67. The number of esters is 1. The minimum Gasteiger partial charge on any atom is -0.494 e. The Morgan fingerprint density at radius 2 is 1.86 bits per heavy atom. The molecule has 0 radical (unpaired) electrons.